The number of carbonyl (C=O) groups is 1. The summed E-state index contributed by atoms with van der Waals surface area (Å²) < 4.78 is 8.97. The standard InChI is InChI=1S/C26H26BrN3O2/c1-19(28-26(31)20-13-15-21(27)16-14-20)25-29-23-11-5-6-12-24(23)30(25)17-7-8-18-32-22-9-3-2-4-10-22/h2-6,9-16,19H,7-8,17-18H2,1H3,(H,28,31). The van der Waals surface area contributed by atoms with Gasteiger partial charge in [0.15, 0.2) is 0 Å². The van der Waals surface area contributed by atoms with Crippen LogP contribution in [0.3, 0.4) is 0 Å². The van der Waals surface area contributed by atoms with Crippen molar-refractivity contribution in [3.63, 3.8) is 0 Å². The zero-order valence-electron chi connectivity index (χ0n) is 18.0. The van der Waals surface area contributed by atoms with Gasteiger partial charge in [-0.1, -0.05) is 46.3 Å². The first-order valence-corrected chi connectivity index (χ1v) is 11.6. The van der Waals surface area contributed by atoms with Crippen LogP contribution in [0, 0.1) is 0 Å². The number of nitrogens with one attached hydrogen (secondary N) is 1. The molecule has 1 amide bonds. The van der Waals surface area contributed by atoms with Crippen LogP contribution < -0.4 is 10.1 Å². The maximum Gasteiger partial charge on any atom is 0.251 e. The van der Waals surface area contributed by atoms with E-state index in [1.54, 1.807) is 0 Å². The average molecular weight is 492 g/mol. The highest BCUT2D eigenvalue weighted by atomic mass is 79.9. The molecule has 3 aromatic carbocycles. The summed E-state index contributed by atoms with van der Waals surface area (Å²) in [6.07, 6.45) is 1.88. The van der Waals surface area contributed by atoms with Gasteiger partial charge >= 0.3 is 0 Å². The van der Waals surface area contributed by atoms with Crippen LogP contribution >= 0.6 is 15.9 Å². The minimum Gasteiger partial charge on any atom is -0.494 e. The Hall–Kier alpha value is -3.12. The maximum atomic E-state index is 12.7. The molecule has 0 aliphatic heterocycles. The number of aromatic nitrogens is 2. The van der Waals surface area contributed by atoms with E-state index >= 15 is 0 Å². The number of para-hydroxylation sites is 3. The number of unbranched alkanes of at least 4 members (excludes halogenated alkanes) is 1. The van der Waals surface area contributed by atoms with Crippen LogP contribution in [-0.4, -0.2) is 22.1 Å². The molecule has 1 unspecified atom stereocenters. The van der Waals surface area contributed by atoms with E-state index in [0.717, 1.165) is 46.5 Å². The first-order valence-electron chi connectivity index (χ1n) is 10.8. The number of rotatable bonds is 9. The second kappa shape index (κ2) is 10.5. The number of aryl methyl sites for hydroxylation is 1. The lowest BCUT2D eigenvalue weighted by Crippen LogP contribution is -2.28. The summed E-state index contributed by atoms with van der Waals surface area (Å²) >= 11 is 3.41. The number of ether oxygens (including phenoxy) is 1. The highest BCUT2D eigenvalue weighted by Crippen LogP contribution is 2.22. The van der Waals surface area contributed by atoms with Gasteiger partial charge in [-0.05, 0) is 68.3 Å². The molecule has 4 rings (SSSR count). The Kier molecular flexibility index (Phi) is 7.22. The molecule has 0 spiro atoms. The van der Waals surface area contributed by atoms with Crippen molar-refractivity contribution in [2.75, 3.05) is 6.61 Å². The molecule has 0 saturated heterocycles. The third-order valence-electron chi connectivity index (χ3n) is 5.31. The zero-order chi connectivity index (χ0) is 22.3. The van der Waals surface area contributed by atoms with Crippen LogP contribution in [0.2, 0.25) is 0 Å². The summed E-state index contributed by atoms with van der Waals surface area (Å²) in [4.78, 5) is 17.5. The quantitative estimate of drug-likeness (QED) is 0.285. The van der Waals surface area contributed by atoms with Crippen molar-refractivity contribution in [2.45, 2.75) is 32.4 Å². The molecule has 1 heterocycles. The van der Waals surface area contributed by atoms with Gasteiger partial charge in [-0.3, -0.25) is 4.79 Å². The predicted molar refractivity (Wildman–Crippen MR) is 131 cm³/mol. The molecule has 6 heteroatoms. The summed E-state index contributed by atoms with van der Waals surface area (Å²) in [5.74, 6) is 1.64. The Balaban J connectivity index is 1.43. The second-order valence-corrected chi connectivity index (χ2v) is 8.60. The number of amides is 1. The molecule has 0 radical (unpaired) electrons. The van der Waals surface area contributed by atoms with Gasteiger partial charge < -0.3 is 14.6 Å². The molecule has 0 aliphatic rings. The number of halogens is 1. The van der Waals surface area contributed by atoms with Gasteiger partial charge in [0.2, 0.25) is 0 Å². The molecule has 1 N–H and O–H groups in total. The Morgan fingerprint density at radius 1 is 1.00 bits per heavy atom. The zero-order valence-corrected chi connectivity index (χ0v) is 19.6. The minimum absolute atomic E-state index is 0.111. The number of fused-ring (bicyclic) bond motifs is 1. The van der Waals surface area contributed by atoms with E-state index in [1.165, 1.54) is 0 Å². The largest absolute Gasteiger partial charge is 0.494 e. The molecular weight excluding hydrogens is 466 g/mol. The molecule has 0 saturated carbocycles. The first-order chi connectivity index (χ1) is 15.6. The van der Waals surface area contributed by atoms with Gasteiger partial charge in [-0.15, -0.1) is 0 Å². The summed E-state index contributed by atoms with van der Waals surface area (Å²) in [5.41, 5.74) is 2.64. The molecule has 0 fully saturated rings. The van der Waals surface area contributed by atoms with E-state index in [2.05, 4.69) is 31.9 Å². The van der Waals surface area contributed by atoms with Gasteiger partial charge in [0, 0.05) is 16.6 Å². The third kappa shape index (κ3) is 5.37. The first kappa shape index (κ1) is 22.1. The van der Waals surface area contributed by atoms with Crippen LogP contribution in [0.4, 0.5) is 0 Å². The smallest absolute Gasteiger partial charge is 0.251 e. The number of hydrogen-bond donors (Lipinski definition) is 1. The van der Waals surface area contributed by atoms with Crippen molar-refractivity contribution < 1.29 is 9.53 Å². The van der Waals surface area contributed by atoms with E-state index in [1.807, 2.05) is 79.7 Å². The van der Waals surface area contributed by atoms with Crippen LogP contribution in [0.1, 0.15) is 42.0 Å². The van der Waals surface area contributed by atoms with Crippen molar-refractivity contribution in [2.24, 2.45) is 0 Å². The predicted octanol–water partition coefficient (Wildman–Crippen LogP) is 6.15. The average Bonchev–Trinajstić information content (AvgIpc) is 3.19. The monoisotopic (exact) mass is 491 g/mol. The molecule has 0 bridgehead atoms. The van der Waals surface area contributed by atoms with Crippen LogP contribution in [0.15, 0.2) is 83.3 Å². The Bertz CT molecular complexity index is 1170. The van der Waals surface area contributed by atoms with Crippen LogP contribution in [0.5, 0.6) is 5.75 Å². The fourth-order valence-corrected chi connectivity index (χ4v) is 3.95. The SMILES string of the molecule is CC(NC(=O)c1ccc(Br)cc1)c1nc2ccccc2n1CCCCOc1ccccc1. The van der Waals surface area contributed by atoms with Crippen LogP contribution in [-0.2, 0) is 6.54 Å². The van der Waals surface area contributed by atoms with Crippen molar-refractivity contribution in [3.8, 4) is 5.75 Å². The lowest BCUT2D eigenvalue weighted by molar-refractivity contribution is 0.0937. The maximum absolute atomic E-state index is 12.7. The normalized spacial score (nSPS) is 11.9. The number of imidazole rings is 1. The lowest BCUT2D eigenvalue weighted by atomic mass is 10.2. The fraction of sp³-hybridized carbons (Fsp3) is 0.231. The van der Waals surface area contributed by atoms with Crippen molar-refractivity contribution >= 4 is 32.9 Å². The molecule has 5 nitrogen and oxygen atoms in total. The summed E-state index contributed by atoms with van der Waals surface area (Å²) in [7, 11) is 0. The molecule has 32 heavy (non-hydrogen) atoms. The van der Waals surface area contributed by atoms with E-state index in [9.17, 15) is 4.79 Å². The van der Waals surface area contributed by atoms with Crippen molar-refractivity contribution in [3.05, 3.63) is 94.7 Å². The molecule has 1 atom stereocenters. The number of benzene rings is 3. The number of carbonyl (C=O) groups excluding carboxylic acids is 1. The minimum atomic E-state index is -0.223. The van der Waals surface area contributed by atoms with E-state index in [0.29, 0.717) is 12.2 Å². The van der Waals surface area contributed by atoms with Gasteiger partial charge in [-0.25, -0.2) is 4.98 Å². The Morgan fingerprint density at radius 3 is 2.50 bits per heavy atom. The second-order valence-electron chi connectivity index (χ2n) is 7.68. The van der Waals surface area contributed by atoms with E-state index in [4.69, 9.17) is 9.72 Å². The molecular formula is C26H26BrN3O2. The topological polar surface area (TPSA) is 56.2 Å². The van der Waals surface area contributed by atoms with E-state index < -0.39 is 0 Å². The van der Waals surface area contributed by atoms with Gasteiger partial charge in [0.05, 0.1) is 23.7 Å². The van der Waals surface area contributed by atoms with E-state index in [-0.39, 0.29) is 11.9 Å². The Labute approximate surface area is 196 Å². The molecule has 0 aliphatic carbocycles. The molecule has 4 aromatic rings. The highest BCUT2D eigenvalue weighted by molar-refractivity contribution is 9.10. The molecule has 164 valence electrons. The fourth-order valence-electron chi connectivity index (χ4n) is 3.68. The van der Waals surface area contributed by atoms with Crippen molar-refractivity contribution in [1.29, 1.82) is 0 Å². The van der Waals surface area contributed by atoms with Crippen LogP contribution in [0.25, 0.3) is 11.0 Å². The summed E-state index contributed by atoms with van der Waals surface area (Å²) in [6, 6.07) is 25.1. The summed E-state index contributed by atoms with van der Waals surface area (Å²) in [5, 5.41) is 3.09. The van der Waals surface area contributed by atoms with Gasteiger partial charge in [0.25, 0.3) is 5.91 Å². The molecule has 1 aromatic heterocycles. The summed E-state index contributed by atoms with van der Waals surface area (Å²) in [6.45, 7) is 3.46. The van der Waals surface area contributed by atoms with Gasteiger partial charge in [0.1, 0.15) is 11.6 Å². The number of hydrogen-bond acceptors (Lipinski definition) is 3. The third-order valence-corrected chi connectivity index (χ3v) is 5.84. The lowest BCUT2D eigenvalue weighted by Gasteiger charge is -2.16. The highest BCUT2D eigenvalue weighted by Gasteiger charge is 2.19. The van der Waals surface area contributed by atoms with Crippen molar-refractivity contribution in [1.82, 2.24) is 14.9 Å². The Morgan fingerprint density at radius 2 is 1.72 bits per heavy atom. The van der Waals surface area contributed by atoms with Gasteiger partial charge in [-0.2, -0.15) is 0 Å². The number of nitrogens with zero attached hydrogens (tertiary/aromatic N) is 2.